The fraction of sp³-hybridized carbons (Fsp3) is 0.227. The molecular weight excluding hydrogens is 1210 g/mol. The molecule has 10 aromatic carbocycles. The zero-order valence-electron chi connectivity index (χ0n) is 57.1. The highest BCUT2D eigenvalue weighted by Gasteiger charge is 2.34. The maximum Gasteiger partial charge on any atom is 0.168 e. The summed E-state index contributed by atoms with van der Waals surface area (Å²) in [5.41, 5.74) is 34.8. The van der Waals surface area contributed by atoms with Gasteiger partial charge in [0.1, 0.15) is 6.29 Å². The molecule has 10 nitrogen and oxygen atoms in total. The largest absolute Gasteiger partial charge is 0.399 e. The highest BCUT2D eigenvalue weighted by Crippen LogP contribution is 2.41. The standard InChI is InChI=1S/C21H22O2.C18H16O2.C17H14O2.2C16H15NO/c1-13-12-16-6-5-7-17(18(16)19(13)22)14-8-10-15(11-9-14)20(23)21(2,3)4;1-11-10-15-4-3-5-16(17(15)18(11)20)14-8-6-13(7-9-14)12(2)19;1-11-9-14-3-2-4-15(16(14)17(11)19)13-7-5-12(10-18)6-8-13;1-10-8-12-5-3-7-14(15(12)16(10)18)11-4-2-6-13(17)9-11;1-10-9-12-3-2-4-14(15(12)16(10)18)11-5-7-13(17)8-6-11/h5-11,13H,12H2,1-4H3;3-9,11H,10H2,1-2H3;2-8,10-11H,9H2,1H3;2-7,9-10H,8,17H2,1H3;2-8,10H,9,17H2,1H3. The summed E-state index contributed by atoms with van der Waals surface area (Å²) in [5, 5.41) is 0. The summed E-state index contributed by atoms with van der Waals surface area (Å²) in [7, 11) is 0. The van der Waals surface area contributed by atoms with Crippen LogP contribution in [-0.2, 0) is 32.1 Å². The van der Waals surface area contributed by atoms with E-state index >= 15 is 0 Å². The topological polar surface area (TPSA) is 189 Å². The Labute approximate surface area is 574 Å². The summed E-state index contributed by atoms with van der Waals surface area (Å²) in [6, 6.07) is 68.1. The van der Waals surface area contributed by atoms with Crippen molar-refractivity contribution in [2.75, 3.05) is 11.5 Å². The highest BCUT2D eigenvalue weighted by atomic mass is 16.2. The molecule has 0 heterocycles. The average molecular weight is 1300 g/mol. The molecule has 0 saturated heterocycles. The minimum Gasteiger partial charge on any atom is -0.399 e. The van der Waals surface area contributed by atoms with Crippen molar-refractivity contribution in [2.24, 2.45) is 35.0 Å². The molecule has 10 aromatic rings. The van der Waals surface area contributed by atoms with Crippen LogP contribution in [0.5, 0.6) is 0 Å². The number of nitrogens with two attached hydrogens (primary N) is 2. The van der Waals surface area contributed by atoms with Gasteiger partial charge in [-0.05, 0) is 147 Å². The zero-order valence-corrected chi connectivity index (χ0v) is 57.1. The first-order chi connectivity index (χ1) is 46.9. The lowest BCUT2D eigenvalue weighted by Gasteiger charge is -2.17. The van der Waals surface area contributed by atoms with Crippen LogP contribution in [-0.4, -0.2) is 46.8 Å². The monoisotopic (exact) mass is 1290 g/mol. The molecule has 0 aromatic heterocycles. The first-order valence-corrected chi connectivity index (χ1v) is 33.7. The van der Waals surface area contributed by atoms with Crippen molar-refractivity contribution < 1.29 is 38.4 Å². The zero-order chi connectivity index (χ0) is 69.9. The van der Waals surface area contributed by atoms with E-state index in [1.807, 2.05) is 250 Å². The van der Waals surface area contributed by atoms with Crippen molar-refractivity contribution in [3.8, 4) is 55.6 Å². The number of hydrogen-bond acceptors (Lipinski definition) is 10. The molecule has 0 bridgehead atoms. The third kappa shape index (κ3) is 14.3. The van der Waals surface area contributed by atoms with Crippen LogP contribution in [0.4, 0.5) is 11.4 Å². The summed E-state index contributed by atoms with van der Waals surface area (Å²) >= 11 is 0. The van der Waals surface area contributed by atoms with Gasteiger partial charge >= 0.3 is 0 Å². The van der Waals surface area contributed by atoms with Crippen LogP contribution in [0, 0.1) is 35.0 Å². The second-order valence-electron chi connectivity index (χ2n) is 27.8. The van der Waals surface area contributed by atoms with Gasteiger partial charge in [0.2, 0.25) is 0 Å². The Morgan fingerprint density at radius 2 is 0.622 bits per heavy atom. The van der Waals surface area contributed by atoms with Crippen molar-refractivity contribution in [2.45, 2.75) is 94.4 Å². The Kier molecular flexibility index (Phi) is 20.2. The van der Waals surface area contributed by atoms with Crippen LogP contribution in [0.1, 0.15) is 173 Å². The summed E-state index contributed by atoms with van der Waals surface area (Å²) < 4.78 is 0. The fourth-order valence-electron chi connectivity index (χ4n) is 14.1. The summed E-state index contributed by atoms with van der Waals surface area (Å²) in [4.78, 5) is 95.8. The van der Waals surface area contributed by atoms with Gasteiger partial charge in [-0.15, -0.1) is 0 Å². The maximum absolute atomic E-state index is 12.4. The van der Waals surface area contributed by atoms with E-state index in [4.69, 9.17) is 11.5 Å². The second-order valence-corrected chi connectivity index (χ2v) is 27.8. The van der Waals surface area contributed by atoms with Crippen molar-refractivity contribution in [1.82, 2.24) is 0 Å². The van der Waals surface area contributed by atoms with Gasteiger partial charge in [-0.3, -0.25) is 38.4 Å². The van der Waals surface area contributed by atoms with E-state index in [9.17, 15) is 38.4 Å². The number of Topliss-reactive ketones (excluding diaryl/α,β-unsaturated/α-hetero) is 7. The Bertz CT molecular complexity index is 4780. The summed E-state index contributed by atoms with van der Waals surface area (Å²) in [6.45, 7) is 17.2. The Morgan fingerprint density at radius 3 is 0.908 bits per heavy atom. The van der Waals surface area contributed by atoms with Crippen LogP contribution < -0.4 is 11.5 Å². The van der Waals surface area contributed by atoms with Crippen LogP contribution in [0.15, 0.2) is 212 Å². The van der Waals surface area contributed by atoms with Gasteiger partial charge < -0.3 is 11.5 Å². The van der Waals surface area contributed by atoms with E-state index in [2.05, 4.69) is 6.07 Å². The molecule has 0 fully saturated rings. The minimum atomic E-state index is -0.388. The molecule has 0 radical (unpaired) electrons. The molecule has 15 rings (SSSR count). The quantitative estimate of drug-likeness (QED) is 0.0841. The van der Waals surface area contributed by atoms with E-state index in [0.29, 0.717) is 16.7 Å². The lowest BCUT2D eigenvalue weighted by Crippen LogP contribution is -2.19. The van der Waals surface area contributed by atoms with E-state index < -0.39 is 0 Å². The molecule has 0 saturated carbocycles. The molecule has 5 aliphatic carbocycles. The van der Waals surface area contributed by atoms with Crippen molar-refractivity contribution in [3.63, 3.8) is 0 Å². The number of nitrogen functional groups attached to an aromatic ring is 2. The number of benzene rings is 10. The third-order valence-electron chi connectivity index (χ3n) is 19.4. The van der Waals surface area contributed by atoms with Gasteiger partial charge in [-0.1, -0.05) is 243 Å². The van der Waals surface area contributed by atoms with Crippen molar-refractivity contribution in [1.29, 1.82) is 0 Å². The minimum absolute atomic E-state index is 0.0551. The lowest BCUT2D eigenvalue weighted by atomic mass is 9.86. The van der Waals surface area contributed by atoms with Gasteiger partial charge in [-0.2, -0.15) is 0 Å². The van der Waals surface area contributed by atoms with Gasteiger partial charge in [0.05, 0.1) is 0 Å². The molecule has 0 aliphatic heterocycles. The average Bonchev–Trinajstić information content (AvgIpc) is 1.63. The number of fused-ring (bicyclic) bond motifs is 5. The van der Waals surface area contributed by atoms with E-state index in [1.54, 1.807) is 19.1 Å². The van der Waals surface area contributed by atoms with Crippen molar-refractivity contribution >= 4 is 58.1 Å². The predicted octanol–water partition coefficient (Wildman–Crippen LogP) is 19.1. The van der Waals surface area contributed by atoms with Gasteiger partial charge in [0.15, 0.2) is 40.5 Å². The fourth-order valence-corrected chi connectivity index (χ4v) is 14.1. The Balaban J connectivity index is 0.000000124. The molecule has 0 spiro atoms. The molecule has 5 atom stereocenters. The smallest absolute Gasteiger partial charge is 0.168 e. The summed E-state index contributed by atoms with van der Waals surface area (Å²) in [6.07, 6.45) is 5.01. The van der Waals surface area contributed by atoms with Crippen LogP contribution in [0.2, 0.25) is 0 Å². The predicted molar refractivity (Wildman–Crippen MR) is 393 cm³/mol. The van der Waals surface area contributed by atoms with Crippen LogP contribution in [0.3, 0.4) is 0 Å². The van der Waals surface area contributed by atoms with Crippen LogP contribution >= 0.6 is 0 Å². The van der Waals surface area contributed by atoms with Gasteiger partial charge in [0, 0.05) is 90.9 Å². The highest BCUT2D eigenvalue weighted by molar-refractivity contribution is 6.11. The number of carbonyl (C=O) groups excluding carboxylic acids is 8. The number of aldehydes is 1. The lowest BCUT2D eigenvalue weighted by molar-refractivity contribution is 0.0856. The van der Waals surface area contributed by atoms with Crippen LogP contribution in [0.25, 0.3) is 55.6 Å². The molecule has 492 valence electrons. The number of hydrogen-bond donors (Lipinski definition) is 2. The van der Waals surface area contributed by atoms with Gasteiger partial charge in [-0.25, -0.2) is 0 Å². The molecule has 4 N–H and O–H groups in total. The Hall–Kier alpha value is -10.8. The normalized spacial score (nSPS) is 17.4. The molecule has 0 amide bonds. The molecule has 5 aliphatic rings. The van der Waals surface area contributed by atoms with E-state index in [-0.39, 0.29) is 75.5 Å². The molecule has 5 unspecified atom stereocenters. The first-order valence-electron chi connectivity index (χ1n) is 33.7. The molecular formula is C88H82N2O8. The Morgan fingerprint density at radius 1 is 0.347 bits per heavy atom. The number of carbonyl (C=O) groups is 8. The SMILES string of the molecule is CC(=O)c1ccc(-c2cccc3c2C(=O)C(C)C3)cc1.CC1Cc2cccc(-c3ccc(C(=O)C(C)(C)C)cc3)c2C1=O.CC1Cc2cccc(-c3ccc(C=O)cc3)c2C1=O.CC1Cc2cccc(-c3ccc(N)cc3)c2C1=O.CC1Cc2cccc(-c3cccc(N)c3)c2C1=O. The third-order valence-corrected chi connectivity index (χ3v) is 19.4. The molecule has 98 heavy (non-hydrogen) atoms. The van der Waals surface area contributed by atoms with Gasteiger partial charge in [0.25, 0.3) is 0 Å². The van der Waals surface area contributed by atoms with Crippen molar-refractivity contribution in [3.05, 3.63) is 285 Å². The summed E-state index contributed by atoms with van der Waals surface area (Å²) in [5.74, 6) is 1.80. The molecule has 10 heteroatoms. The second kappa shape index (κ2) is 28.9. The van der Waals surface area contributed by atoms with E-state index in [1.165, 1.54) is 5.56 Å². The maximum atomic E-state index is 12.4. The first kappa shape index (κ1) is 68.5. The van der Waals surface area contributed by atoms with E-state index in [0.717, 1.165) is 155 Å². The number of anilines is 2. The number of rotatable bonds is 8. The number of ketones is 7.